The number of hydrogen-bond donors (Lipinski definition) is 0. The summed E-state index contributed by atoms with van der Waals surface area (Å²) in [4.78, 5) is 19.7. The number of aromatic nitrogens is 5. The molecule has 0 N–H and O–H groups in total. The van der Waals surface area contributed by atoms with Gasteiger partial charge in [0, 0.05) is 29.9 Å². The van der Waals surface area contributed by atoms with Gasteiger partial charge in [0.15, 0.2) is 15.9 Å². The minimum atomic E-state index is -0.0383. The highest BCUT2D eigenvalue weighted by atomic mass is 32.2. The van der Waals surface area contributed by atoms with Crippen LogP contribution < -0.4 is 5.56 Å². The smallest absolute Gasteiger partial charge is 0.258 e. The number of nitrogens with zero attached hydrogens (tertiary/aromatic N) is 6. The molecule has 0 amide bonds. The van der Waals surface area contributed by atoms with Gasteiger partial charge in [0.05, 0.1) is 11.7 Å². The van der Waals surface area contributed by atoms with E-state index in [1.807, 2.05) is 5.38 Å². The second kappa shape index (κ2) is 8.99. The number of hydrogen-bond acceptors (Lipinski definition) is 7. The number of thiazole rings is 1. The van der Waals surface area contributed by atoms with E-state index in [9.17, 15) is 4.79 Å². The summed E-state index contributed by atoms with van der Waals surface area (Å²) in [6, 6.07) is 1.85. The van der Waals surface area contributed by atoms with Gasteiger partial charge in [0.1, 0.15) is 0 Å². The van der Waals surface area contributed by atoms with Gasteiger partial charge in [-0.15, -0.1) is 21.5 Å². The molecule has 0 saturated carbocycles. The fraction of sp³-hybridized carbons (Fsp3) is 0.556. The van der Waals surface area contributed by atoms with Crippen LogP contribution in [0.1, 0.15) is 50.7 Å². The largest absolute Gasteiger partial charge is 0.305 e. The van der Waals surface area contributed by atoms with Crippen molar-refractivity contribution in [1.29, 1.82) is 0 Å². The lowest BCUT2D eigenvalue weighted by Crippen LogP contribution is -2.23. The molecule has 0 fully saturated rings. The van der Waals surface area contributed by atoms with Gasteiger partial charge in [-0.25, -0.2) is 4.98 Å². The van der Waals surface area contributed by atoms with Gasteiger partial charge in [-0.05, 0) is 26.9 Å². The molecule has 146 valence electrons. The maximum Gasteiger partial charge on any atom is 0.258 e. The monoisotopic (exact) mass is 406 g/mol. The van der Waals surface area contributed by atoms with E-state index in [0.29, 0.717) is 5.75 Å². The summed E-state index contributed by atoms with van der Waals surface area (Å²) < 4.78 is 3.81. The lowest BCUT2D eigenvalue weighted by molar-refractivity contribution is 0.270. The third-order valence-electron chi connectivity index (χ3n) is 4.49. The van der Waals surface area contributed by atoms with Crippen LogP contribution in [0.25, 0.3) is 4.96 Å². The second-order valence-electron chi connectivity index (χ2n) is 6.66. The normalized spacial score (nSPS) is 12.9. The maximum absolute atomic E-state index is 12.2. The van der Waals surface area contributed by atoms with Gasteiger partial charge in [0.25, 0.3) is 5.56 Å². The number of unbranched alkanes of at least 4 members (excludes halogenated alkanes) is 1. The van der Waals surface area contributed by atoms with Gasteiger partial charge in [-0.2, -0.15) is 0 Å². The Morgan fingerprint density at radius 3 is 2.81 bits per heavy atom. The fourth-order valence-electron chi connectivity index (χ4n) is 3.06. The Kier molecular flexibility index (Phi) is 6.67. The van der Waals surface area contributed by atoms with Crippen molar-refractivity contribution >= 4 is 28.1 Å². The molecule has 0 saturated heterocycles. The predicted octanol–water partition coefficient (Wildman–Crippen LogP) is 3.45. The van der Waals surface area contributed by atoms with E-state index < -0.39 is 0 Å². The van der Waals surface area contributed by atoms with Crippen LogP contribution in [0.5, 0.6) is 0 Å². The second-order valence-corrected chi connectivity index (χ2v) is 8.48. The molecule has 1 atom stereocenters. The quantitative estimate of drug-likeness (QED) is 0.507. The zero-order chi connectivity index (χ0) is 19.4. The summed E-state index contributed by atoms with van der Waals surface area (Å²) in [6.07, 6.45) is 4.94. The Morgan fingerprint density at radius 1 is 1.30 bits per heavy atom. The molecule has 0 aliphatic heterocycles. The molecule has 3 heterocycles. The first-order valence-corrected chi connectivity index (χ1v) is 11.1. The first-order chi connectivity index (χ1) is 13.0. The minimum absolute atomic E-state index is 0.0383. The predicted molar refractivity (Wildman–Crippen MR) is 111 cm³/mol. The van der Waals surface area contributed by atoms with Crippen molar-refractivity contribution in [2.24, 2.45) is 0 Å². The van der Waals surface area contributed by atoms with Gasteiger partial charge >= 0.3 is 0 Å². The Balaban J connectivity index is 1.84. The van der Waals surface area contributed by atoms with Crippen molar-refractivity contribution in [1.82, 2.24) is 29.0 Å². The number of rotatable bonds is 9. The van der Waals surface area contributed by atoms with Crippen LogP contribution in [0.2, 0.25) is 0 Å². The molecular formula is C18H26N6OS2. The SMILES string of the molecule is CCCCn1c(SCc2cc(=O)n3ccsc3n2)nnc1C(CC)N(C)C. The van der Waals surface area contributed by atoms with Crippen molar-refractivity contribution in [2.45, 2.75) is 56.6 Å². The van der Waals surface area contributed by atoms with Crippen molar-refractivity contribution in [3.05, 3.63) is 39.5 Å². The van der Waals surface area contributed by atoms with Crippen molar-refractivity contribution in [2.75, 3.05) is 14.1 Å². The standard InChI is InChI=1S/C18H26N6OS2/c1-5-7-8-24-16(14(6-2)22(3)4)20-21-18(24)27-12-13-11-15(25)23-9-10-26-17(23)19-13/h9-11,14H,5-8,12H2,1-4H3. The summed E-state index contributed by atoms with van der Waals surface area (Å²) >= 11 is 3.07. The van der Waals surface area contributed by atoms with E-state index in [0.717, 1.165) is 47.4 Å². The molecule has 1 unspecified atom stereocenters. The molecule has 27 heavy (non-hydrogen) atoms. The summed E-state index contributed by atoms with van der Waals surface area (Å²) in [5, 5.41) is 11.7. The molecule has 0 spiro atoms. The van der Waals surface area contributed by atoms with Gasteiger partial charge in [0.2, 0.25) is 0 Å². The van der Waals surface area contributed by atoms with E-state index >= 15 is 0 Å². The Labute approximate surface area is 167 Å². The zero-order valence-electron chi connectivity index (χ0n) is 16.3. The van der Waals surface area contributed by atoms with Crippen LogP contribution in [0, 0.1) is 0 Å². The van der Waals surface area contributed by atoms with Crippen LogP contribution in [0.3, 0.4) is 0 Å². The molecule has 0 bridgehead atoms. The lowest BCUT2D eigenvalue weighted by atomic mass is 10.2. The van der Waals surface area contributed by atoms with Gasteiger partial charge in [-0.3, -0.25) is 14.1 Å². The molecule has 9 heteroatoms. The highest BCUT2D eigenvalue weighted by molar-refractivity contribution is 7.98. The minimum Gasteiger partial charge on any atom is -0.305 e. The molecule has 0 aliphatic rings. The molecule has 0 aromatic carbocycles. The highest BCUT2D eigenvalue weighted by Crippen LogP contribution is 2.27. The molecule has 0 aliphatic carbocycles. The molecule has 3 aromatic rings. The number of fused-ring (bicyclic) bond motifs is 1. The summed E-state index contributed by atoms with van der Waals surface area (Å²) in [5.41, 5.74) is 0.738. The average molecular weight is 407 g/mol. The summed E-state index contributed by atoms with van der Waals surface area (Å²) in [5.74, 6) is 1.62. The van der Waals surface area contributed by atoms with Crippen molar-refractivity contribution < 1.29 is 0 Å². The Bertz CT molecular complexity index is 945. The zero-order valence-corrected chi connectivity index (χ0v) is 17.9. The van der Waals surface area contributed by atoms with Crippen LogP contribution >= 0.6 is 23.1 Å². The third kappa shape index (κ3) is 4.41. The lowest BCUT2D eigenvalue weighted by Gasteiger charge is -2.23. The molecule has 3 aromatic heterocycles. The number of thioether (sulfide) groups is 1. The molecule has 0 radical (unpaired) electrons. The van der Waals surface area contributed by atoms with E-state index in [2.05, 4.69) is 52.6 Å². The van der Waals surface area contributed by atoms with E-state index in [4.69, 9.17) is 0 Å². The van der Waals surface area contributed by atoms with Crippen LogP contribution in [0.15, 0.2) is 27.6 Å². The third-order valence-corrected chi connectivity index (χ3v) is 6.25. The molecular weight excluding hydrogens is 380 g/mol. The van der Waals surface area contributed by atoms with E-state index in [-0.39, 0.29) is 11.6 Å². The van der Waals surface area contributed by atoms with Crippen molar-refractivity contribution in [3.63, 3.8) is 0 Å². The highest BCUT2D eigenvalue weighted by Gasteiger charge is 2.22. The average Bonchev–Trinajstić information content (AvgIpc) is 3.26. The fourth-order valence-corrected chi connectivity index (χ4v) is 4.66. The van der Waals surface area contributed by atoms with Crippen LogP contribution in [-0.4, -0.2) is 43.1 Å². The van der Waals surface area contributed by atoms with Crippen LogP contribution in [-0.2, 0) is 12.3 Å². The van der Waals surface area contributed by atoms with Gasteiger partial charge < -0.3 is 4.57 Å². The molecule has 3 rings (SSSR count). The Hall–Kier alpha value is -1.71. The topological polar surface area (TPSA) is 68.3 Å². The van der Waals surface area contributed by atoms with Crippen molar-refractivity contribution in [3.8, 4) is 0 Å². The van der Waals surface area contributed by atoms with E-state index in [1.54, 1.807) is 28.4 Å². The molecule has 7 nitrogen and oxygen atoms in total. The van der Waals surface area contributed by atoms with Gasteiger partial charge in [-0.1, -0.05) is 32.0 Å². The first kappa shape index (κ1) is 20.0. The summed E-state index contributed by atoms with van der Waals surface area (Å²) in [6.45, 7) is 5.27. The van der Waals surface area contributed by atoms with E-state index in [1.165, 1.54) is 11.3 Å². The summed E-state index contributed by atoms with van der Waals surface area (Å²) in [7, 11) is 4.15. The Morgan fingerprint density at radius 2 is 2.11 bits per heavy atom. The maximum atomic E-state index is 12.2. The van der Waals surface area contributed by atoms with Crippen LogP contribution in [0.4, 0.5) is 0 Å². The first-order valence-electron chi connectivity index (χ1n) is 9.23.